The average Bonchev–Trinajstić information content (AvgIpc) is 2.49. The fourth-order valence-corrected chi connectivity index (χ4v) is 1.47. The second kappa shape index (κ2) is 5.99. The van der Waals surface area contributed by atoms with E-state index in [9.17, 15) is 9.18 Å². The minimum Gasteiger partial charge on any atom is -0.481 e. The lowest BCUT2D eigenvalue weighted by Crippen LogP contribution is -2.17. The summed E-state index contributed by atoms with van der Waals surface area (Å²) in [4.78, 5) is 23.3. The number of nitrogens with one attached hydrogen (secondary N) is 1. The van der Waals surface area contributed by atoms with E-state index in [1.807, 2.05) is 0 Å². The van der Waals surface area contributed by atoms with Gasteiger partial charge in [-0.3, -0.25) is 10.1 Å². The van der Waals surface area contributed by atoms with Crippen molar-refractivity contribution in [2.24, 2.45) is 0 Å². The smallest absolute Gasteiger partial charge is 0.261 e. The molecule has 0 aliphatic heterocycles. The first-order chi connectivity index (χ1) is 10.0. The van der Waals surface area contributed by atoms with Crippen LogP contribution in [0.1, 0.15) is 10.4 Å². The second-order valence-corrected chi connectivity index (χ2v) is 3.79. The van der Waals surface area contributed by atoms with Crippen molar-refractivity contribution in [3.8, 4) is 11.8 Å². The van der Waals surface area contributed by atoms with Crippen LogP contribution < -0.4 is 20.5 Å². The van der Waals surface area contributed by atoms with Gasteiger partial charge in [-0.25, -0.2) is 9.37 Å². The van der Waals surface area contributed by atoms with Crippen molar-refractivity contribution in [1.82, 2.24) is 15.0 Å². The lowest BCUT2D eigenvalue weighted by molar-refractivity contribution is 0.102. The molecular formula is C12H12FN5O3. The molecule has 9 heteroatoms. The van der Waals surface area contributed by atoms with E-state index in [0.717, 1.165) is 0 Å². The first-order valence-electron chi connectivity index (χ1n) is 5.73. The maximum absolute atomic E-state index is 13.7. The monoisotopic (exact) mass is 293 g/mol. The summed E-state index contributed by atoms with van der Waals surface area (Å²) in [5.74, 6) is -1.77. The normalized spacial score (nSPS) is 10.0. The van der Waals surface area contributed by atoms with Gasteiger partial charge >= 0.3 is 0 Å². The molecule has 0 aliphatic carbocycles. The molecule has 0 saturated heterocycles. The third-order valence-corrected chi connectivity index (χ3v) is 2.48. The van der Waals surface area contributed by atoms with E-state index < -0.39 is 11.7 Å². The molecule has 110 valence electrons. The number of hydrogen-bond donors (Lipinski definition) is 2. The number of pyridine rings is 1. The average molecular weight is 293 g/mol. The summed E-state index contributed by atoms with van der Waals surface area (Å²) < 4.78 is 23.6. The molecule has 2 heterocycles. The molecule has 8 nitrogen and oxygen atoms in total. The number of nitrogen functional groups attached to an aromatic ring is 1. The Morgan fingerprint density at radius 3 is 2.48 bits per heavy atom. The van der Waals surface area contributed by atoms with E-state index in [0.29, 0.717) is 0 Å². The molecule has 0 fully saturated rings. The van der Waals surface area contributed by atoms with Gasteiger partial charge in [0.1, 0.15) is 0 Å². The zero-order valence-corrected chi connectivity index (χ0v) is 11.3. The number of halogens is 1. The zero-order valence-electron chi connectivity index (χ0n) is 11.3. The van der Waals surface area contributed by atoms with Crippen LogP contribution >= 0.6 is 0 Å². The van der Waals surface area contributed by atoms with Gasteiger partial charge in [0, 0.05) is 6.20 Å². The Morgan fingerprint density at radius 1 is 1.29 bits per heavy atom. The van der Waals surface area contributed by atoms with E-state index in [4.69, 9.17) is 15.2 Å². The van der Waals surface area contributed by atoms with Crippen molar-refractivity contribution >= 4 is 17.7 Å². The first kappa shape index (κ1) is 14.4. The van der Waals surface area contributed by atoms with Gasteiger partial charge in [-0.15, -0.1) is 0 Å². The van der Waals surface area contributed by atoms with Crippen molar-refractivity contribution in [1.29, 1.82) is 0 Å². The predicted octanol–water partition coefficient (Wildman–Crippen LogP) is 0.862. The first-order valence-corrected chi connectivity index (χ1v) is 5.73. The molecule has 2 aromatic heterocycles. The molecule has 0 aliphatic rings. The van der Waals surface area contributed by atoms with Crippen molar-refractivity contribution in [2.45, 2.75) is 0 Å². The van der Waals surface area contributed by atoms with Gasteiger partial charge in [0.25, 0.3) is 5.91 Å². The van der Waals surface area contributed by atoms with E-state index in [2.05, 4.69) is 20.3 Å². The topological polar surface area (TPSA) is 112 Å². The number of methoxy groups -OCH3 is 2. The molecule has 0 unspecified atom stereocenters. The largest absolute Gasteiger partial charge is 0.481 e. The molecule has 21 heavy (non-hydrogen) atoms. The van der Waals surface area contributed by atoms with Crippen LogP contribution in [0.4, 0.5) is 16.2 Å². The van der Waals surface area contributed by atoms with Crippen molar-refractivity contribution in [3.05, 3.63) is 29.7 Å². The minimum atomic E-state index is -0.912. The fraction of sp³-hybridized carbons (Fsp3) is 0.167. The van der Waals surface area contributed by atoms with Gasteiger partial charge in [0.05, 0.1) is 25.8 Å². The summed E-state index contributed by atoms with van der Waals surface area (Å²) in [6.45, 7) is 0. The van der Waals surface area contributed by atoms with Gasteiger partial charge in [0.2, 0.25) is 17.7 Å². The highest BCUT2D eigenvalue weighted by Gasteiger charge is 2.16. The number of nitrogens with zero attached hydrogens (tertiary/aromatic N) is 3. The number of nitrogens with two attached hydrogens (primary N) is 1. The Kier molecular flexibility index (Phi) is 4.12. The maximum Gasteiger partial charge on any atom is 0.261 e. The van der Waals surface area contributed by atoms with E-state index in [-0.39, 0.29) is 29.1 Å². The Bertz CT molecular complexity index is 658. The number of amides is 1. The number of carbonyl (C=O) groups is 1. The van der Waals surface area contributed by atoms with E-state index in [1.54, 1.807) is 0 Å². The molecule has 1 amide bonds. The molecule has 3 N–H and O–H groups in total. The predicted molar refractivity (Wildman–Crippen MR) is 71.7 cm³/mol. The summed E-state index contributed by atoms with van der Waals surface area (Å²) in [7, 11) is 2.80. The van der Waals surface area contributed by atoms with Crippen LogP contribution in [0.3, 0.4) is 0 Å². The second-order valence-electron chi connectivity index (χ2n) is 3.79. The number of anilines is 2. The van der Waals surface area contributed by atoms with Crippen molar-refractivity contribution < 1.29 is 18.7 Å². The zero-order chi connectivity index (χ0) is 15.4. The van der Waals surface area contributed by atoms with Crippen LogP contribution in [0, 0.1) is 5.82 Å². The van der Waals surface area contributed by atoms with E-state index >= 15 is 0 Å². The number of ether oxygens (including phenoxy) is 2. The summed E-state index contributed by atoms with van der Waals surface area (Å²) in [6.07, 6.45) is 1.22. The SMILES string of the molecule is COc1cc(OC)nc(NC(=O)c2ccnc(N)c2F)n1. The summed E-state index contributed by atoms with van der Waals surface area (Å²) in [5, 5.41) is 2.33. The molecular weight excluding hydrogens is 281 g/mol. The van der Waals surface area contributed by atoms with E-state index in [1.165, 1.54) is 32.5 Å². The lowest BCUT2D eigenvalue weighted by Gasteiger charge is -2.08. The summed E-state index contributed by atoms with van der Waals surface area (Å²) >= 11 is 0. The molecule has 2 rings (SSSR count). The van der Waals surface area contributed by atoms with Crippen LogP contribution in [0.5, 0.6) is 11.8 Å². The molecule has 0 radical (unpaired) electrons. The number of hydrogen-bond acceptors (Lipinski definition) is 7. The quantitative estimate of drug-likeness (QED) is 0.859. The number of aromatic nitrogens is 3. The van der Waals surface area contributed by atoms with Gasteiger partial charge in [-0.1, -0.05) is 0 Å². The van der Waals surface area contributed by atoms with Crippen molar-refractivity contribution in [2.75, 3.05) is 25.3 Å². The molecule has 0 atom stereocenters. The number of rotatable bonds is 4. The van der Waals surface area contributed by atoms with Gasteiger partial charge < -0.3 is 15.2 Å². The van der Waals surface area contributed by atoms with Crippen LogP contribution in [0.25, 0.3) is 0 Å². The minimum absolute atomic E-state index is 0.0917. The molecule has 0 aromatic carbocycles. The van der Waals surface area contributed by atoms with Gasteiger partial charge in [0.15, 0.2) is 11.6 Å². The highest BCUT2D eigenvalue weighted by molar-refractivity contribution is 6.03. The molecule has 2 aromatic rings. The third-order valence-electron chi connectivity index (χ3n) is 2.48. The van der Waals surface area contributed by atoms with Crippen LogP contribution in [0.2, 0.25) is 0 Å². The number of carbonyl (C=O) groups excluding carboxylic acids is 1. The fourth-order valence-electron chi connectivity index (χ4n) is 1.47. The van der Waals surface area contributed by atoms with Gasteiger partial charge in [-0.2, -0.15) is 9.97 Å². The lowest BCUT2D eigenvalue weighted by atomic mass is 10.2. The maximum atomic E-state index is 13.7. The highest BCUT2D eigenvalue weighted by atomic mass is 19.1. The summed E-state index contributed by atoms with van der Waals surface area (Å²) in [6, 6.07) is 2.62. The summed E-state index contributed by atoms with van der Waals surface area (Å²) in [5.41, 5.74) is 5.04. The third kappa shape index (κ3) is 3.14. The van der Waals surface area contributed by atoms with Crippen molar-refractivity contribution in [3.63, 3.8) is 0 Å². The molecule has 0 saturated carbocycles. The Labute approximate surface area is 119 Å². The Morgan fingerprint density at radius 2 is 1.90 bits per heavy atom. The van der Waals surface area contributed by atoms with Crippen LogP contribution in [-0.4, -0.2) is 35.1 Å². The van der Waals surface area contributed by atoms with Crippen LogP contribution in [0.15, 0.2) is 18.3 Å². The molecule has 0 bridgehead atoms. The van der Waals surface area contributed by atoms with Gasteiger partial charge in [-0.05, 0) is 6.07 Å². The molecule has 0 spiro atoms. The highest BCUT2D eigenvalue weighted by Crippen LogP contribution is 2.18. The Hall–Kier alpha value is -2.97. The Balaban J connectivity index is 2.29. The van der Waals surface area contributed by atoms with Crippen LogP contribution in [-0.2, 0) is 0 Å². The standard InChI is InChI=1S/C12H12FN5O3/c1-20-7-5-8(21-2)17-12(16-7)18-11(19)6-3-4-15-10(14)9(6)13/h3-5H,1-2H3,(H2,14,15)(H,16,17,18,19).